The quantitative estimate of drug-likeness (QED) is 0.279. The zero-order valence-electron chi connectivity index (χ0n) is 10.8. The number of aromatic hydroxyl groups is 1. The molecule has 2 aromatic rings. The summed E-state index contributed by atoms with van der Waals surface area (Å²) in [6.45, 7) is 0.135. The fourth-order valence-corrected chi connectivity index (χ4v) is 1.64. The van der Waals surface area contributed by atoms with Gasteiger partial charge < -0.3 is 33.3 Å². The van der Waals surface area contributed by atoms with Crippen molar-refractivity contribution in [3.05, 3.63) is 30.9 Å². The molecule has 7 nitrogen and oxygen atoms in total. The van der Waals surface area contributed by atoms with Crippen LogP contribution in [0.15, 0.2) is 30.9 Å². The molecule has 0 aliphatic rings. The molecule has 8 heteroatoms. The number of halogens is 1. The van der Waals surface area contributed by atoms with Crippen LogP contribution in [0, 0.1) is 0 Å². The third-order valence-corrected chi connectivity index (χ3v) is 2.55. The first-order valence-electron chi connectivity index (χ1n) is 5.58. The van der Waals surface area contributed by atoms with E-state index in [0.717, 1.165) is 0 Å². The van der Waals surface area contributed by atoms with Gasteiger partial charge in [-0.25, -0.2) is 4.57 Å². The molecule has 20 heavy (non-hydrogen) atoms. The van der Waals surface area contributed by atoms with E-state index in [1.807, 2.05) is 0 Å². The number of carbonyl (C=O) groups excluding carboxylic acids is 1. The van der Waals surface area contributed by atoms with Crippen molar-refractivity contribution in [2.75, 3.05) is 18.2 Å². The van der Waals surface area contributed by atoms with E-state index in [9.17, 15) is 9.90 Å². The highest BCUT2D eigenvalue weighted by atomic mass is 35.5. The molecule has 5 N–H and O–H groups in total. The standard InChI is InChI=1S/C12H14N4O3.ClH/c1-19-11-5-9(10(17)4-8(11)13)15-12(18)6-16-3-2-14-7-16;/h2-5,7H,6,13H2,1H3,(H2,15,17,18);1H. The zero-order valence-corrected chi connectivity index (χ0v) is 11.5. The van der Waals surface area contributed by atoms with Crippen molar-refractivity contribution >= 4 is 17.3 Å². The van der Waals surface area contributed by atoms with Gasteiger partial charge in [-0.15, -0.1) is 0 Å². The highest BCUT2D eigenvalue weighted by Crippen LogP contribution is 2.33. The Morgan fingerprint density at radius 1 is 1.55 bits per heavy atom. The first-order chi connectivity index (χ1) is 9.10. The Bertz CT molecular complexity index is 587. The molecule has 0 aliphatic heterocycles. The Morgan fingerprint density at radius 2 is 2.30 bits per heavy atom. The van der Waals surface area contributed by atoms with E-state index in [2.05, 4.69) is 10.3 Å². The number of hydrogen-bond donors (Lipinski definition) is 4. The number of anilines is 2. The van der Waals surface area contributed by atoms with Crippen LogP contribution in [0.5, 0.6) is 11.5 Å². The van der Waals surface area contributed by atoms with Crippen molar-refractivity contribution in [2.24, 2.45) is 0 Å². The Morgan fingerprint density at radius 3 is 2.90 bits per heavy atom. The number of methoxy groups -OCH3 is 1. The minimum absolute atomic E-state index is 0. The maximum atomic E-state index is 11.8. The van der Waals surface area contributed by atoms with Gasteiger partial charge in [0.25, 0.3) is 5.91 Å². The van der Waals surface area contributed by atoms with Crippen molar-refractivity contribution < 1.29 is 31.6 Å². The molecule has 1 aromatic heterocycles. The number of carbonyl (C=O) groups is 1. The molecule has 0 saturated heterocycles. The van der Waals surface area contributed by atoms with Gasteiger partial charge in [0.15, 0.2) is 6.54 Å². The van der Waals surface area contributed by atoms with Gasteiger partial charge >= 0.3 is 0 Å². The van der Waals surface area contributed by atoms with Crippen LogP contribution in [0.4, 0.5) is 11.4 Å². The van der Waals surface area contributed by atoms with Crippen LogP contribution in [0.25, 0.3) is 0 Å². The highest BCUT2D eigenvalue weighted by Gasteiger charge is 2.12. The molecule has 0 atom stereocenters. The first-order valence-corrected chi connectivity index (χ1v) is 5.58. The van der Waals surface area contributed by atoms with Crippen LogP contribution < -0.4 is 32.8 Å². The van der Waals surface area contributed by atoms with Gasteiger partial charge in [-0.05, 0) is 0 Å². The van der Waals surface area contributed by atoms with Crippen molar-refractivity contribution in [3.8, 4) is 11.5 Å². The normalized spacial score (nSPS) is 9.65. The van der Waals surface area contributed by atoms with E-state index in [4.69, 9.17) is 10.5 Å². The summed E-state index contributed by atoms with van der Waals surface area (Å²) in [4.78, 5) is 14.6. The number of aromatic nitrogens is 2. The second-order valence-electron chi connectivity index (χ2n) is 3.94. The van der Waals surface area contributed by atoms with Gasteiger partial charge in [0.05, 0.1) is 18.5 Å². The Hall–Kier alpha value is -2.41. The molecule has 0 aliphatic carbocycles. The van der Waals surface area contributed by atoms with E-state index in [-0.39, 0.29) is 36.3 Å². The molecule has 1 amide bonds. The van der Waals surface area contributed by atoms with Gasteiger partial charge in [-0.1, -0.05) is 0 Å². The monoisotopic (exact) mass is 298 g/mol. The van der Waals surface area contributed by atoms with Crippen molar-refractivity contribution in [3.63, 3.8) is 0 Å². The molecule has 2 rings (SSSR count). The van der Waals surface area contributed by atoms with E-state index >= 15 is 0 Å². The predicted octanol–water partition coefficient (Wildman–Crippen LogP) is -2.76. The van der Waals surface area contributed by atoms with E-state index < -0.39 is 0 Å². The number of hydrogen-bond acceptors (Lipinski definition) is 4. The number of imidazole rings is 1. The smallest absolute Gasteiger partial charge is 0.266 e. The number of H-pyrrole nitrogens is 1. The fourth-order valence-electron chi connectivity index (χ4n) is 1.64. The lowest BCUT2D eigenvalue weighted by Crippen LogP contribution is -3.00. The Kier molecular flexibility index (Phi) is 5.22. The van der Waals surface area contributed by atoms with Crippen LogP contribution >= 0.6 is 0 Å². The van der Waals surface area contributed by atoms with Gasteiger partial charge in [0.1, 0.15) is 23.9 Å². The molecular weight excluding hydrogens is 284 g/mol. The van der Waals surface area contributed by atoms with Crippen molar-refractivity contribution in [1.82, 2.24) is 4.98 Å². The van der Waals surface area contributed by atoms with Crippen LogP contribution in [-0.2, 0) is 11.3 Å². The number of phenols is 1. The van der Waals surface area contributed by atoms with Crippen LogP contribution in [0.1, 0.15) is 0 Å². The van der Waals surface area contributed by atoms with E-state index in [1.54, 1.807) is 23.3 Å². The third-order valence-electron chi connectivity index (χ3n) is 2.55. The van der Waals surface area contributed by atoms with Crippen molar-refractivity contribution in [2.45, 2.75) is 6.54 Å². The summed E-state index contributed by atoms with van der Waals surface area (Å²) < 4.78 is 6.70. The molecule has 1 aromatic carbocycles. The molecular formula is C12H15ClN4O3. The summed E-state index contributed by atoms with van der Waals surface area (Å²) in [6, 6.07) is 2.81. The minimum atomic E-state index is -0.272. The number of benzene rings is 1. The molecule has 0 radical (unpaired) electrons. The number of phenolic OH excluding ortho intramolecular Hbond substituents is 1. The number of ether oxygens (including phenoxy) is 1. The molecule has 0 bridgehead atoms. The average molecular weight is 299 g/mol. The van der Waals surface area contributed by atoms with Crippen LogP contribution in [-0.4, -0.2) is 23.1 Å². The minimum Gasteiger partial charge on any atom is -1.00 e. The summed E-state index contributed by atoms with van der Waals surface area (Å²) in [5, 5.41) is 12.3. The summed E-state index contributed by atoms with van der Waals surface area (Å²) in [7, 11) is 1.46. The van der Waals surface area contributed by atoms with Crippen LogP contribution in [0.2, 0.25) is 0 Å². The number of nitrogens with zero attached hydrogens (tertiary/aromatic N) is 1. The molecule has 0 saturated carbocycles. The lowest BCUT2D eigenvalue weighted by molar-refractivity contribution is -0.682. The van der Waals surface area contributed by atoms with Gasteiger partial charge in [-0.3, -0.25) is 9.78 Å². The Balaban J connectivity index is 0.00000200. The fraction of sp³-hybridized carbons (Fsp3) is 0.167. The van der Waals surface area contributed by atoms with Crippen LogP contribution in [0.3, 0.4) is 0 Å². The number of amides is 1. The number of nitrogens with two attached hydrogens (primary N) is 1. The largest absolute Gasteiger partial charge is 1.00 e. The first kappa shape index (κ1) is 15.6. The predicted molar refractivity (Wildman–Crippen MR) is 68.7 cm³/mol. The zero-order chi connectivity index (χ0) is 13.8. The van der Waals surface area contributed by atoms with Gasteiger partial charge in [-0.2, -0.15) is 0 Å². The lowest BCUT2D eigenvalue weighted by Gasteiger charge is -2.10. The van der Waals surface area contributed by atoms with Gasteiger partial charge in [0.2, 0.25) is 6.33 Å². The maximum absolute atomic E-state index is 11.8. The molecule has 0 fully saturated rings. The second kappa shape index (κ2) is 6.67. The lowest BCUT2D eigenvalue weighted by atomic mass is 10.2. The number of nitrogen functional groups attached to an aromatic ring is 1. The summed E-state index contributed by atoms with van der Waals surface area (Å²) >= 11 is 0. The van der Waals surface area contributed by atoms with E-state index in [1.165, 1.54) is 19.2 Å². The topological polar surface area (TPSA) is 104 Å². The molecule has 1 heterocycles. The molecule has 0 spiro atoms. The highest BCUT2D eigenvalue weighted by molar-refractivity contribution is 5.92. The number of aromatic amines is 1. The average Bonchev–Trinajstić information content (AvgIpc) is 2.85. The molecule has 0 unspecified atom stereocenters. The summed E-state index contributed by atoms with van der Waals surface area (Å²) in [5.41, 5.74) is 6.20. The second-order valence-corrected chi connectivity index (χ2v) is 3.94. The number of nitrogens with one attached hydrogen (secondary N) is 2. The summed E-state index contributed by atoms with van der Waals surface area (Å²) in [5.74, 6) is 0.0137. The third kappa shape index (κ3) is 3.55. The van der Waals surface area contributed by atoms with E-state index in [0.29, 0.717) is 11.4 Å². The van der Waals surface area contributed by atoms with Crippen molar-refractivity contribution in [1.29, 1.82) is 0 Å². The van der Waals surface area contributed by atoms with Gasteiger partial charge in [0, 0.05) is 12.1 Å². The SMILES string of the molecule is COc1cc(NC(=O)C[n+]2cc[nH]c2)c(O)cc1N.[Cl-]. The number of rotatable bonds is 4. The Labute approximate surface area is 121 Å². The molecule has 108 valence electrons. The maximum Gasteiger partial charge on any atom is 0.266 e. The summed E-state index contributed by atoms with van der Waals surface area (Å²) in [6.07, 6.45) is 5.09.